The summed E-state index contributed by atoms with van der Waals surface area (Å²) >= 11 is 21.5. The van der Waals surface area contributed by atoms with Gasteiger partial charge in [0.15, 0.2) is 0 Å². The normalized spacial score (nSPS) is 19.1. The quantitative estimate of drug-likeness (QED) is 0.210. The third kappa shape index (κ3) is 4.96. The maximum Gasteiger partial charge on any atom is 0.332 e. The Morgan fingerprint density at radius 3 is 2.20 bits per heavy atom. The second kappa shape index (κ2) is 9.90. The lowest BCUT2D eigenvalue weighted by Gasteiger charge is -2.32. The molecule has 2 aromatic carbocycles. The van der Waals surface area contributed by atoms with Crippen molar-refractivity contribution in [2.45, 2.75) is 38.1 Å². The van der Waals surface area contributed by atoms with E-state index in [2.05, 4.69) is 15.9 Å². The van der Waals surface area contributed by atoms with Gasteiger partial charge >= 0.3 is 6.03 Å². The fourth-order valence-electron chi connectivity index (χ4n) is 3.73. The number of alkyl halides is 1. The molecule has 2 aromatic rings. The number of hydrogen-bond donors (Lipinski definition) is 0. The Bertz CT molecular complexity index is 918. The summed E-state index contributed by atoms with van der Waals surface area (Å²) in [4.78, 5) is 29.8. The minimum Gasteiger partial charge on any atom is -0.309 e. The summed E-state index contributed by atoms with van der Waals surface area (Å²) in [6, 6.07) is 12.2. The fraction of sp³-hybridized carbons (Fsp3) is 0.364. The number of rotatable bonds is 8. The second-order valence-electron chi connectivity index (χ2n) is 7.53. The van der Waals surface area contributed by atoms with Crippen molar-refractivity contribution in [3.8, 4) is 0 Å². The van der Waals surface area contributed by atoms with Crippen LogP contribution in [-0.2, 0) is 11.2 Å². The van der Waals surface area contributed by atoms with E-state index in [4.69, 9.17) is 34.8 Å². The van der Waals surface area contributed by atoms with Crippen molar-refractivity contribution in [3.63, 3.8) is 0 Å². The SMILES string of the molecule is CC1(Cc2ccc(Br)cc2)C(=O)N(c2cc(Cl)cc(Cl)c2)C(=O)N1CCCCCCl. The Balaban J connectivity index is 1.96. The largest absolute Gasteiger partial charge is 0.332 e. The Morgan fingerprint density at radius 1 is 0.967 bits per heavy atom. The highest BCUT2D eigenvalue weighted by atomic mass is 79.9. The maximum absolute atomic E-state index is 13.6. The molecule has 160 valence electrons. The first-order valence-corrected chi connectivity index (χ1v) is 11.8. The summed E-state index contributed by atoms with van der Waals surface area (Å²) < 4.78 is 0.957. The van der Waals surface area contributed by atoms with Crippen molar-refractivity contribution in [1.82, 2.24) is 4.90 Å². The molecule has 0 aromatic heterocycles. The van der Waals surface area contributed by atoms with E-state index >= 15 is 0 Å². The standard InChI is InChI=1S/C22H22BrCl3N2O2/c1-22(14-15-5-7-16(23)8-6-15)20(29)28(19-12-17(25)11-18(26)13-19)21(30)27(22)10-4-2-3-9-24/h5-8,11-13H,2-4,9-10,14H2,1H3. The Morgan fingerprint density at radius 2 is 1.60 bits per heavy atom. The number of amides is 3. The topological polar surface area (TPSA) is 40.6 Å². The molecule has 1 unspecified atom stereocenters. The van der Waals surface area contributed by atoms with Crippen molar-refractivity contribution in [2.24, 2.45) is 0 Å². The number of hydrogen-bond acceptors (Lipinski definition) is 2. The van der Waals surface area contributed by atoms with Crippen LogP contribution in [0.2, 0.25) is 10.0 Å². The smallest absolute Gasteiger partial charge is 0.309 e. The van der Waals surface area contributed by atoms with E-state index in [0.29, 0.717) is 34.6 Å². The van der Waals surface area contributed by atoms with Crippen LogP contribution in [0.25, 0.3) is 0 Å². The molecule has 0 bridgehead atoms. The molecule has 0 saturated carbocycles. The predicted octanol–water partition coefficient (Wildman–Crippen LogP) is 6.94. The van der Waals surface area contributed by atoms with E-state index in [-0.39, 0.29) is 11.9 Å². The van der Waals surface area contributed by atoms with Gasteiger partial charge in [0.1, 0.15) is 5.54 Å². The molecule has 1 saturated heterocycles. The number of carbonyl (C=O) groups is 2. The van der Waals surface area contributed by atoms with Crippen molar-refractivity contribution in [3.05, 3.63) is 62.5 Å². The average Bonchev–Trinajstić information content (AvgIpc) is 2.86. The molecule has 1 atom stereocenters. The van der Waals surface area contributed by atoms with Gasteiger partial charge in [0, 0.05) is 33.4 Å². The number of urea groups is 1. The summed E-state index contributed by atoms with van der Waals surface area (Å²) in [5, 5.41) is 0.738. The van der Waals surface area contributed by atoms with Crippen LogP contribution in [0.5, 0.6) is 0 Å². The van der Waals surface area contributed by atoms with Crippen LogP contribution in [0, 0.1) is 0 Å². The maximum atomic E-state index is 13.6. The van der Waals surface area contributed by atoms with Crippen molar-refractivity contribution >= 4 is 68.4 Å². The van der Waals surface area contributed by atoms with Crippen LogP contribution in [-0.4, -0.2) is 34.8 Å². The summed E-state index contributed by atoms with van der Waals surface area (Å²) in [5.74, 6) is 0.294. The molecule has 4 nitrogen and oxygen atoms in total. The first-order chi connectivity index (χ1) is 14.3. The summed E-state index contributed by atoms with van der Waals surface area (Å²) in [5.41, 5.74) is 0.340. The zero-order valence-corrected chi connectivity index (χ0v) is 20.4. The van der Waals surface area contributed by atoms with E-state index in [0.717, 1.165) is 29.3 Å². The van der Waals surface area contributed by atoms with E-state index < -0.39 is 5.54 Å². The van der Waals surface area contributed by atoms with Crippen molar-refractivity contribution in [1.29, 1.82) is 0 Å². The van der Waals surface area contributed by atoms with E-state index in [1.54, 1.807) is 23.1 Å². The average molecular weight is 533 g/mol. The highest BCUT2D eigenvalue weighted by Gasteiger charge is 2.54. The molecule has 1 heterocycles. The van der Waals surface area contributed by atoms with Gasteiger partial charge in [-0.1, -0.05) is 57.7 Å². The number of carbonyl (C=O) groups excluding carboxylic acids is 2. The third-order valence-electron chi connectivity index (χ3n) is 5.26. The van der Waals surface area contributed by atoms with E-state index in [1.807, 2.05) is 31.2 Å². The number of benzene rings is 2. The summed E-state index contributed by atoms with van der Waals surface area (Å²) in [6.45, 7) is 2.29. The summed E-state index contributed by atoms with van der Waals surface area (Å²) in [6.07, 6.45) is 2.93. The molecular formula is C22H22BrCl3N2O2. The van der Waals surface area contributed by atoms with Gasteiger partial charge in [0.05, 0.1) is 5.69 Å². The van der Waals surface area contributed by atoms with Crippen LogP contribution in [0.4, 0.5) is 10.5 Å². The first kappa shape index (κ1) is 23.4. The second-order valence-corrected chi connectivity index (χ2v) is 9.70. The Kier molecular flexibility index (Phi) is 7.72. The van der Waals surface area contributed by atoms with E-state index in [1.165, 1.54) is 4.90 Å². The first-order valence-electron chi connectivity index (χ1n) is 9.69. The Labute approximate surface area is 200 Å². The number of imide groups is 1. The molecule has 0 aliphatic carbocycles. The van der Waals surface area contributed by atoms with Crippen LogP contribution in [0.1, 0.15) is 31.7 Å². The molecule has 3 amide bonds. The van der Waals surface area contributed by atoms with Gasteiger partial charge in [-0.05, 0) is 55.7 Å². The van der Waals surface area contributed by atoms with Crippen LogP contribution in [0.15, 0.2) is 46.9 Å². The molecule has 30 heavy (non-hydrogen) atoms. The predicted molar refractivity (Wildman–Crippen MR) is 127 cm³/mol. The zero-order chi connectivity index (χ0) is 21.9. The van der Waals surface area contributed by atoms with E-state index in [9.17, 15) is 9.59 Å². The summed E-state index contributed by atoms with van der Waals surface area (Å²) in [7, 11) is 0. The minimum atomic E-state index is -1.01. The molecule has 1 fully saturated rings. The van der Waals surface area contributed by atoms with Crippen molar-refractivity contribution < 1.29 is 9.59 Å². The monoisotopic (exact) mass is 530 g/mol. The molecule has 3 rings (SSSR count). The molecule has 0 radical (unpaired) electrons. The van der Waals surface area contributed by atoms with Gasteiger partial charge in [-0.3, -0.25) is 4.79 Å². The van der Waals surface area contributed by atoms with Crippen LogP contribution >= 0.6 is 50.7 Å². The lowest BCUT2D eigenvalue weighted by molar-refractivity contribution is -0.124. The van der Waals surface area contributed by atoms with Gasteiger partial charge in [0.2, 0.25) is 0 Å². The number of unbranched alkanes of at least 4 members (excludes halogenated alkanes) is 2. The van der Waals surface area contributed by atoms with Crippen LogP contribution < -0.4 is 4.90 Å². The molecule has 0 spiro atoms. The molecule has 0 N–H and O–H groups in total. The van der Waals surface area contributed by atoms with Gasteiger partial charge in [-0.25, -0.2) is 9.69 Å². The van der Waals surface area contributed by atoms with Gasteiger partial charge in [0.25, 0.3) is 5.91 Å². The lowest BCUT2D eigenvalue weighted by Crippen LogP contribution is -2.49. The minimum absolute atomic E-state index is 0.286. The van der Waals surface area contributed by atoms with Gasteiger partial charge in [-0.15, -0.1) is 11.6 Å². The highest BCUT2D eigenvalue weighted by molar-refractivity contribution is 9.10. The van der Waals surface area contributed by atoms with Crippen molar-refractivity contribution in [2.75, 3.05) is 17.3 Å². The lowest BCUT2D eigenvalue weighted by atomic mass is 9.91. The highest BCUT2D eigenvalue weighted by Crippen LogP contribution is 2.37. The number of anilines is 1. The third-order valence-corrected chi connectivity index (χ3v) is 6.50. The molecule has 1 aliphatic rings. The molecule has 1 aliphatic heterocycles. The molecule has 8 heteroatoms. The fourth-order valence-corrected chi connectivity index (χ4v) is 4.69. The Hall–Kier alpha value is -1.27. The number of halogens is 4. The van der Waals surface area contributed by atoms with Crippen LogP contribution in [0.3, 0.4) is 0 Å². The molecular weight excluding hydrogens is 511 g/mol. The zero-order valence-electron chi connectivity index (χ0n) is 16.5. The van der Waals surface area contributed by atoms with Gasteiger partial charge < -0.3 is 4.90 Å². The number of nitrogens with zero attached hydrogens (tertiary/aromatic N) is 2. The van der Waals surface area contributed by atoms with Gasteiger partial charge in [-0.2, -0.15) is 0 Å².